The molecule has 1 saturated heterocycles. The van der Waals surface area contributed by atoms with Gasteiger partial charge in [-0.1, -0.05) is 11.2 Å². The number of aromatic nitrogens is 2. The van der Waals surface area contributed by atoms with Crippen molar-refractivity contribution in [2.75, 3.05) is 20.8 Å². The summed E-state index contributed by atoms with van der Waals surface area (Å²) < 4.78 is 16.4. The molecular formula is C25H28N4O5. The Hall–Kier alpha value is -3.88. The lowest BCUT2D eigenvalue weighted by Gasteiger charge is -2.34. The third-order valence-electron chi connectivity index (χ3n) is 6.03. The molecule has 2 aromatic heterocycles. The van der Waals surface area contributed by atoms with Gasteiger partial charge in [0.15, 0.2) is 11.5 Å². The number of nitrogens with zero attached hydrogens (tertiary/aromatic N) is 3. The quantitative estimate of drug-likeness (QED) is 0.568. The summed E-state index contributed by atoms with van der Waals surface area (Å²) in [7, 11) is 3.13. The molecule has 1 aliphatic rings. The molecule has 1 aromatic carbocycles. The topological polar surface area (TPSA) is 107 Å². The molecule has 0 radical (unpaired) electrons. The van der Waals surface area contributed by atoms with Crippen molar-refractivity contribution in [2.45, 2.75) is 38.8 Å². The fourth-order valence-electron chi connectivity index (χ4n) is 4.17. The highest BCUT2D eigenvalue weighted by Gasteiger charge is 2.32. The van der Waals surface area contributed by atoms with Crippen LogP contribution in [0.4, 0.5) is 0 Å². The van der Waals surface area contributed by atoms with E-state index in [9.17, 15) is 9.59 Å². The van der Waals surface area contributed by atoms with Crippen LogP contribution in [0.3, 0.4) is 0 Å². The Morgan fingerprint density at radius 3 is 2.62 bits per heavy atom. The van der Waals surface area contributed by atoms with Gasteiger partial charge in [0.25, 0.3) is 11.8 Å². The number of amides is 2. The molecule has 0 saturated carbocycles. The molecule has 0 spiro atoms. The van der Waals surface area contributed by atoms with E-state index in [-0.39, 0.29) is 23.6 Å². The van der Waals surface area contributed by atoms with Crippen LogP contribution in [0.5, 0.6) is 11.5 Å². The average Bonchev–Trinajstić information content (AvgIpc) is 3.38. The zero-order valence-corrected chi connectivity index (χ0v) is 19.5. The summed E-state index contributed by atoms with van der Waals surface area (Å²) in [5.74, 6) is 1.17. The van der Waals surface area contributed by atoms with Crippen molar-refractivity contribution < 1.29 is 23.6 Å². The van der Waals surface area contributed by atoms with Crippen LogP contribution < -0.4 is 14.8 Å². The highest BCUT2D eigenvalue weighted by molar-refractivity contribution is 5.96. The molecule has 1 fully saturated rings. The summed E-state index contributed by atoms with van der Waals surface area (Å²) >= 11 is 0. The predicted molar refractivity (Wildman–Crippen MR) is 124 cm³/mol. The molecule has 3 aromatic rings. The average molecular weight is 465 g/mol. The predicted octanol–water partition coefficient (Wildman–Crippen LogP) is 3.69. The van der Waals surface area contributed by atoms with E-state index in [0.717, 1.165) is 30.4 Å². The van der Waals surface area contributed by atoms with E-state index in [0.29, 0.717) is 35.9 Å². The number of rotatable bonds is 7. The van der Waals surface area contributed by atoms with Crippen molar-refractivity contribution in [3.05, 3.63) is 70.9 Å². The Labute approximate surface area is 198 Å². The number of likely N-dealkylation sites (tertiary alicyclic amines) is 1. The Bertz CT molecular complexity index is 1140. The molecule has 178 valence electrons. The lowest BCUT2D eigenvalue weighted by atomic mass is 9.98. The number of piperidine rings is 1. The van der Waals surface area contributed by atoms with E-state index < -0.39 is 0 Å². The minimum absolute atomic E-state index is 0.153. The maximum Gasteiger partial charge on any atom is 0.273 e. The van der Waals surface area contributed by atoms with Crippen molar-refractivity contribution in [1.82, 2.24) is 20.4 Å². The van der Waals surface area contributed by atoms with E-state index in [1.54, 1.807) is 49.7 Å². The standard InChI is InChI=1S/C25H28N4O5/c1-16-21(32-2)11-18(12-22(16)33-3)25(31)29-10-5-4-8-20(29)23-13-19(28-34-23)24(30)27-15-17-7-6-9-26-14-17/h6-7,9,11-14,20H,4-5,8,10,15H2,1-3H3,(H,27,30). The Balaban J connectivity index is 1.52. The second-order valence-corrected chi connectivity index (χ2v) is 8.17. The van der Waals surface area contributed by atoms with E-state index >= 15 is 0 Å². The first-order valence-electron chi connectivity index (χ1n) is 11.2. The van der Waals surface area contributed by atoms with Crippen LogP contribution >= 0.6 is 0 Å². The smallest absolute Gasteiger partial charge is 0.273 e. The number of carbonyl (C=O) groups is 2. The van der Waals surface area contributed by atoms with Gasteiger partial charge in [0.1, 0.15) is 11.5 Å². The summed E-state index contributed by atoms with van der Waals surface area (Å²) in [6.45, 7) is 2.79. The fraction of sp³-hybridized carbons (Fsp3) is 0.360. The maximum atomic E-state index is 13.5. The molecule has 9 heteroatoms. The Morgan fingerprint density at radius 1 is 1.18 bits per heavy atom. The maximum absolute atomic E-state index is 13.5. The molecule has 1 aliphatic heterocycles. The molecule has 1 unspecified atom stereocenters. The number of hydrogen-bond donors (Lipinski definition) is 1. The summed E-state index contributed by atoms with van der Waals surface area (Å²) in [5.41, 5.74) is 2.36. The largest absolute Gasteiger partial charge is 0.496 e. The van der Waals surface area contributed by atoms with Crippen molar-refractivity contribution >= 4 is 11.8 Å². The molecule has 4 rings (SSSR count). The van der Waals surface area contributed by atoms with Crippen molar-refractivity contribution in [3.63, 3.8) is 0 Å². The van der Waals surface area contributed by atoms with E-state index in [1.807, 2.05) is 19.1 Å². The first kappa shape index (κ1) is 23.3. The minimum Gasteiger partial charge on any atom is -0.496 e. The van der Waals surface area contributed by atoms with Gasteiger partial charge in [0, 0.05) is 42.7 Å². The third-order valence-corrected chi connectivity index (χ3v) is 6.03. The van der Waals surface area contributed by atoms with Gasteiger partial charge in [-0.25, -0.2) is 0 Å². The molecule has 2 amide bonds. The number of hydrogen-bond acceptors (Lipinski definition) is 7. The lowest BCUT2D eigenvalue weighted by Crippen LogP contribution is -2.38. The number of benzene rings is 1. The fourth-order valence-corrected chi connectivity index (χ4v) is 4.17. The van der Waals surface area contributed by atoms with Crippen LogP contribution in [0, 0.1) is 6.92 Å². The van der Waals surface area contributed by atoms with Gasteiger partial charge in [-0.05, 0) is 49.9 Å². The van der Waals surface area contributed by atoms with Gasteiger partial charge in [-0.15, -0.1) is 0 Å². The molecule has 1 atom stereocenters. The molecule has 0 bridgehead atoms. The minimum atomic E-state index is -0.347. The second-order valence-electron chi connectivity index (χ2n) is 8.17. The summed E-state index contributed by atoms with van der Waals surface area (Å²) in [6, 6.07) is 8.44. The number of carbonyl (C=O) groups excluding carboxylic acids is 2. The van der Waals surface area contributed by atoms with Crippen LogP contribution in [-0.2, 0) is 6.54 Å². The molecule has 9 nitrogen and oxygen atoms in total. The molecule has 3 heterocycles. The zero-order chi connectivity index (χ0) is 24.1. The number of methoxy groups -OCH3 is 2. The van der Waals surface area contributed by atoms with E-state index in [4.69, 9.17) is 14.0 Å². The van der Waals surface area contributed by atoms with Gasteiger partial charge in [-0.3, -0.25) is 14.6 Å². The molecule has 0 aliphatic carbocycles. The highest BCUT2D eigenvalue weighted by atomic mass is 16.5. The monoisotopic (exact) mass is 464 g/mol. The lowest BCUT2D eigenvalue weighted by molar-refractivity contribution is 0.0569. The van der Waals surface area contributed by atoms with Crippen molar-refractivity contribution in [2.24, 2.45) is 0 Å². The van der Waals surface area contributed by atoms with Crippen LogP contribution in [0.2, 0.25) is 0 Å². The highest BCUT2D eigenvalue weighted by Crippen LogP contribution is 2.35. The van der Waals surface area contributed by atoms with Crippen LogP contribution in [0.1, 0.15) is 63.0 Å². The zero-order valence-electron chi connectivity index (χ0n) is 19.5. The van der Waals surface area contributed by atoms with E-state index in [1.165, 1.54) is 0 Å². The van der Waals surface area contributed by atoms with Crippen molar-refractivity contribution in [1.29, 1.82) is 0 Å². The van der Waals surface area contributed by atoms with Crippen molar-refractivity contribution in [3.8, 4) is 11.5 Å². The Morgan fingerprint density at radius 2 is 1.94 bits per heavy atom. The molecular weight excluding hydrogens is 436 g/mol. The van der Waals surface area contributed by atoms with Gasteiger partial charge < -0.3 is 24.2 Å². The first-order chi connectivity index (χ1) is 16.5. The molecule has 1 N–H and O–H groups in total. The van der Waals surface area contributed by atoms with Crippen LogP contribution in [0.15, 0.2) is 47.2 Å². The van der Waals surface area contributed by atoms with Gasteiger partial charge >= 0.3 is 0 Å². The summed E-state index contributed by atoms with van der Waals surface area (Å²) in [4.78, 5) is 31.9. The van der Waals surface area contributed by atoms with E-state index in [2.05, 4.69) is 15.5 Å². The summed E-state index contributed by atoms with van der Waals surface area (Å²) in [6.07, 6.45) is 5.91. The number of ether oxygens (including phenoxy) is 2. The first-order valence-corrected chi connectivity index (χ1v) is 11.2. The summed E-state index contributed by atoms with van der Waals surface area (Å²) in [5, 5.41) is 6.77. The van der Waals surface area contributed by atoms with Gasteiger partial charge in [0.2, 0.25) is 0 Å². The number of pyridine rings is 1. The normalized spacial score (nSPS) is 15.6. The van der Waals surface area contributed by atoms with Crippen LogP contribution in [-0.4, -0.2) is 47.6 Å². The Kier molecular flexibility index (Phi) is 7.10. The van der Waals surface area contributed by atoms with Gasteiger partial charge in [0.05, 0.1) is 20.3 Å². The SMILES string of the molecule is COc1cc(C(=O)N2CCCCC2c2cc(C(=O)NCc3cccnc3)no2)cc(OC)c1C. The van der Waals surface area contributed by atoms with Crippen LogP contribution in [0.25, 0.3) is 0 Å². The number of nitrogens with one attached hydrogen (secondary N) is 1. The van der Waals surface area contributed by atoms with Gasteiger partial charge in [-0.2, -0.15) is 0 Å². The molecule has 34 heavy (non-hydrogen) atoms. The third kappa shape index (κ3) is 4.88. The second kappa shape index (κ2) is 10.4.